The highest BCUT2D eigenvalue weighted by Crippen LogP contribution is 2.06. The smallest absolute Gasteiger partial charge is 0.337 e. The summed E-state index contributed by atoms with van der Waals surface area (Å²) < 4.78 is 4.60. The van der Waals surface area contributed by atoms with Crippen LogP contribution >= 0.6 is 0 Å². The number of methoxy groups -OCH3 is 1. The van der Waals surface area contributed by atoms with Crippen LogP contribution in [-0.4, -0.2) is 19.3 Å². The van der Waals surface area contributed by atoms with Crippen molar-refractivity contribution in [1.29, 1.82) is 0 Å². The minimum absolute atomic E-state index is 0.332. The van der Waals surface area contributed by atoms with Crippen LogP contribution in [0.25, 0.3) is 0 Å². The van der Waals surface area contributed by atoms with E-state index in [-0.39, 0.29) is 5.97 Å². The number of carbonyl (C=O) groups excluding carboxylic acids is 1. The molecule has 0 bridgehead atoms. The molecule has 0 saturated carbocycles. The number of ether oxygens (including phenoxy) is 1. The fourth-order valence-corrected chi connectivity index (χ4v) is 1.13. The molecule has 0 fully saturated rings. The molecule has 0 atom stereocenters. The topological polar surface area (TPSA) is 64.7 Å². The first-order valence-electron chi connectivity index (χ1n) is 4.82. The summed E-state index contributed by atoms with van der Waals surface area (Å²) in [6, 6.07) is 7.12. The molecule has 1 aromatic rings. The van der Waals surface area contributed by atoms with Gasteiger partial charge >= 0.3 is 5.97 Å². The second kappa shape index (κ2) is 6.40. The van der Waals surface area contributed by atoms with Crippen molar-refractivity contribution in [2.75, 3.05) is 7.11 Å². The summed E-state index contributed by atoms with van der Waals surface area (Å²) in [6.07, 6.45) is 4.71. The number of benzene rings is 1. The van der Waals surface area contributed by atoms with Crippen molar-refractivity contribution < 1.29 is 9.53 Å². The fourth-order valence-electron chi connectivity index (χ4n) is 1.13. The molecule has 0 spiro atoms. The van der Waals surface area contributed by atoms with E-state index in [9.17, 15) is 4.79 Å². The lowest BCUT2D eigenvalue weighted by Crippen LogP contribution is -2.00. The maximum Gasteiger partial charge on any atom is 0.337 e. The SMILES string of the molecule is COC(=O)c1ccc(CN=CC=CN)cc1. The summed E-state index contributed by atoms with van der Waals surface area (Å²) in [5, 5.41) is 0. The highest BCUT2D eigenvalue weighted by atomic mass is 16.5. The van der Waals surface area contributed by atoms with E-state index < -0.39 is 0 Å². The molecule has 1 rings (SSSR count). The van der Waals surface area contributed by atoms with E-state index in [1.165, 1.54) is 13.3 Å². The van der Waals surface area contributed by atoms with Gasteiger partial charge < -0.3 is 10.5 Å². The molecule has 4 nitrogen and oxygen atoms in total. The molecule has 16 heavy (non-hydrogen) atoms. The first-order chi connectivity index (χ1) is 7.77. The summed E-state index contributed by atoms with van der Waals surface area (Å²) in [7, 11) is 1.36. The van der Waals surface area contributed by atoms with E-state index in [0.29, 0.717) is 12.1 Å². The van der Waals surface area contributed by atoms with Gasteiger partial charge in [-0.25, -0.2) is 4.79 Å². The van der Waals surface area contributed by atoms with Gasteiger partial charge in [-0.2, -0.15) is 0 Å². The van der Waals surface area contributed by atoms with Crippen molar-refractivity contribution in [3.63, 3.8) is 0 Å². The second-order valence-corrected chi connectivity index (χ2v) is 3.06. The highest BCUT2D eigenvalue weighted by Gasteiger charge is 2.03. The largest absolute Gasteiger partial charge is 0.465 e. The minimum Gasteiger partial charge on any atom is -0.465 e. The summed E-state index contributed by atoms with van der Waals surface area (Å²) >= 11 is 0. The molecule has 0 saturated heterocycles. The molecule has 0 unspecified atom stereocenters. The number of rotatable bonds is 4. The van der Waals surface area contributed by atoms with Crippen LogP contribution in [0.1, 0.15) is 15.9 Å². The normalized spacial score (nSPS) is 11.1. The van der Waals surface area contributed by atoms with Gasteiger partial charge in [-0.05, 0) is 30.0 Å². The lowest BCUT2D eigenvalue weighted by atomic mass is 10.1. The highest BCUT2D eigenvalue weighted by molar-refractivity contribution is 5.89. The van der Waals surface area contributed by atoms with Gasteiger partial charge in [0.05, 0.1) is 19.2 Å². The lowest BCUT2D eigenvalue weighted by Gasteiger charge is -2.00. The van der Waals surface area contributed by atoms with Crippen LogP contribution in [0.5, 0.6) is 0 Å². The van der Waals surface area contributed by atoms with Gasteiger partial charge in [0.25, 0.3) is 0 Å². The maximum absolute atomic E-state index is 11.1. The first kappa shape index (κ1) is 12.0. The van der Waals surface area contributed by atoms with Gasteiger partial charge in [0.1, 0.15) is 0 Å². The van der Waals surface area contributed by atoms with Crippen molar-refractivity contribution in [3.05, 3.63) is 47.7 Å². The maximum atomic E-state index is 11.1. The van der Waals surface area contributed by atoms with Crippen LogP contribution < -0.4 is 5.73 Å². The van der Waals surface area contributed by atoms with Crippen molar-refractivity contribution in [3.8, 4) is 0 Å². The van der Waals surface area contributed by atoms with Crippen LogP contribution in [0.3, 0.4) is 0 Å². The van der Waals surface area contributed by atoms with Gasteiger partial charge in [-0.3, -0.25) is 4.99 Å². The van der Waals surface area contributed by atoms with Gasteiger partial charge in [-0.15, -0.1) is 0 Å². The first-order valence-corrected chi connectivity index (χ1v) is 4.82. The third kappa shape index (κ3) is 3.57. The molecule has 0 aromatic heterocycles. The molecular formula is C12H14N2O2. The second-order valence-electron chi connectivity index (χ2n) is 3.06. The number of hydrogen-bond acceptors (Lipinski definition) is 4. The number of nitrogens with two attached hydrogens (primary N) is 1. The molecule has 1 aromatic carbocycles. The number of nitrogens with zero attached hydrogens (tertiary/aromatic N) is 1. The van der Waals surface area contributed by atoms with E-state index in [1.807, 2.05) is 12.1 Å². The third-order valence-electron chi connectivity index (χ3n) is 1.95. The quantitative estimate of drug-likeness (QED) is 0.615. The van der Waals surface area contributed by atoms with Crippen molar-refractivity contribution in [2.45, 2.75) is 6.54 Å². The molecule has 0 heterocycles. The van der Waals surface area contributed by atoms with Gasteiger partial charge in [0, 0.05) is 6.21 Å². The van der Waals surface area contributed by atoms with Crippen molar-refractivity contribution >= 4 is 12.2 Å². The Labute approximate surface area is 94.4 Å². The number of aliphatic imine (C=N–C) groups is 1. The molecule has 84 valence electrons. The zero-order chi connectivity index (χ0) is 11.8. The average molecular weight is 218 g/mol. The molecule has 0 amide bonds. The van der Waals surface area contributed by atoms with Crippen LogP contribution in [0.4, 0.5) is 0 Å². The van der Waals surface area contributed by atoms with Crippen LogP contribution in [0.2, 0.25) is 0 Å². The van der Waals surface area contributed by atoms with E-state index in [1.54, 1.807) is 24.4 Å². The van der Waals surface area contributed by atoms with Crippen LogP contribution in [0.15, 0.2) is 41.5 Å². The Kier molecular flexibility index (Phi) is 4.79. The van der Waals surface area contributed by atoms with Gasteiger partial charge in [0.15, 0.2) is 0 Å². The zero-order valence-electron chi connectivity index (χ0n) is 9.09. The monoisotopic (exact) mass is 218 g/mol. The summed E-state index contributed by atoms with van der Waals surface area (Å²) in [6.45, 7) is 0.561. The Morgan fingerprint density at radius 3 is 2.69 bits per heavy atom. The molecule has 0 aliphatic heterocycles. The predicted octanol–water partition coefficient (Wildman–Crippen LogP) is 1.52. The molecule has 2 N–H and O–H groups in total. The molecular weight excluding hydrogens is 204 g/mol. The zero-order valence-corrected chi connectivity index (χ0v) is 9.09. The standard InChI is InChI=1S/C12H14N2O2/c1-16-12(15)11-5-3-10(4-6-11)9-14-8-2-7-13/h2-8H,9,13H2,1H3. The summed E-state index contributed by atoms with van der Waals surface area (Å²) in [5.74, 6) is -0.332. The Morgan fingerprint density at radius 1 is 1.44 bits per heavy atom. The Morgan fingerprint density at radius 2 is 2.12 bits per heavy atom. The summed E-state index contributed by atoms with van der Waals surface area (Å²) in [4.78, 5) is 15.3. The number of esters is 1. The molecule has 0 aliphatic rings. The minimum atomic E-state index is -0.332. The molecule has 0 radical (unpaired) electrons. The van der Waals surface area contributed by atoms with Gasteiger partial charge in [0.2, 0.25) is 0 Å². The molecule has 4 heteroatoms. The van der Waals surface area contributed by atoms with Crippen LogP contribution in [-0.2, 0) is 11.3 Å². The Balaban J connectivity index is 2.61. The Bertz CT molecular complexity index is 394. The van der Waals surface area contributed by atoms with Crippen molar-refractivity contribution in [2.24, 2.45) is 10.7 Å². The predicted molar refractivity (Wildman–Crippen MR) is 63.3 cm³/mol. The average Bonchev–Trinajstić information content (AvgIpc) is 2.34. The van der Waals surface area contributed by atoms with E-state index in [4.69, 9.17) is 5.73 Å². The molecule has 0 aliphatic carbocycles. The Hall–Kier alpha value is -2.10. The number of carbonyl (C=O) groups is 1. The van der Waals surface area contributed by atoms with Crippen LogP contribution in [0, 0.1) is 0 Å². The summed E-state index contributed by atoms with van der Waals surface area (Å²) in [5.41, 5.74) is 6.71. The van der Waals surface area contributed by atoms with Gasteiger partial charge in [-0.1, -0.05) is 12.1 Å². The fraction of sp³-hybridized carbons (Fsp3) is 0.167. The lowest BCUT2D eigenvalue weighted by molar-refractivity contribution is 0.0600. The van der Waals surface area contributed by atoms with E-state index >= 15 is 0 Å². The third-order valence-corrected chi connectivity index (χ3v) is 1.95. The number of allylic oxidation sites excluding steroid dienone is 1. The van der Waals surface area contributed by atoms with E-state index in [0.717, 1.165) is 5.56 Å². The van der Waals surface area contributed by atoms with Crippen molar-refractivity contribution in [1.82, 2.24) is 0 Å². The number of hydrogen-bond donors (Lipinski definition) is 1. The van der Waals surface area contributed by atoms with E-state index in [2.05, 4.69) is 9.73 Å².